The molecule has 2 heterocycles. The Balaban J connectivity index is 1.73. The maximum absolute atomic E-state index is 13.3. The second kappa shape index (κ2) is 8.45. The Morgan fingerprint density at radius 2 is 1.97 bits per heavy atom. The summed E-state index contributed by atoms with van der Waals surface area (Å²) >= 11 is 6.09. The molecule has 0 radical (unpaired) electrons. The third kappa shape index (κ3) is 3.78. The Hall–Kier alpha value is -4.50. The maximum atomic E-state index is 13.3. The summed E-state index contributed by atoms with van der Waals surface area (Å²) in [5.41, 5.74) is 0.789. The average molecular weight is 475 g/mol. The van der Waals surface area contributed by atoms with Gasteiger partial charge in [-0.05, 0) is 42.5 Å². The Kier molecular flexibility index (Phi) is 5.31. The highest BCUT2D eigenvalue weighted by Gasteiger charge is 2.17. The number of furan rings is 1. The third-order valence-electron chi connectivity index (χ3n) is 5.19. The van der Waals surface area contributed by atoms with E-state index < -0.39 is 10.5 Å². The molecule has 0 atom stereocenters. The first kappa shape index (κ1) is 21.4. The lowest BCUT2D eigenvalue weighted by Gasteiger charge is -2.08. The number of hydrogen-bond acceptors (Lipinski definition) is 7. The van der Waals surface area contributed by atoms with Crippen LogP contribution in [0.5, 0.6) is 5.75 Å². The van der Waals surface area contributed by atoms with Gasteiger partial charge in [-0.25, -0.2) is 4.98 Å². The quantitative estimate of drug-likeness (QED) is 0.195. The summed E-state index contributed by atoms with van der Waals surface area (Å²) in [4.78, 5) is 28.6. The smallest absolute Gasteiger partial charge is 0.282 e. The van der Waals surface area contributed by atoms with Gasteiger partial charge in [0.05, 0.1) is 29.2 Å². The van der Waals surface area contributed by atoms with Crippen LogP contribution in [0.25, 0.3) is 33.5 Å². The van der Waals surface area contributed by atoms with Gasteiger partial charge in [0.1, 0.15) is 11.3 Å². The lowest BCUT2D eigenvalue weighted by molar-refractivity contribution is -0.384. The van der Waals surface area contributed by atoms with Crippen molar-refractivity contribution in [2.45, 2.75) is 0 Å². The molecule has 0 bridgehead atoms. The van der Waals surface area contributed by atoms with E-state index in [1.807, 2.05) is 0 Å². The molecule has 5 aromatic rings. The number of methoxy groups -OCH3 is 1. The fraction of sp³-hybridized carbons (Fsp3) is 0.0417. The number of nitro groups is 1. The molecule has 0 fully saturated rings. The van der Waals surface area contributed by atoms with Crippen LogP contribution in [0.3, 0.4) is 0 Å². The lowest BCUT2D eigenvalue weighted by atomic mass is 10.2. The monoisotopic (exact) mass is 474 g/mol. The average Bonchev–Trinajstić information content (AvgIpc) is 3.26. The number of nitro benzene ring substituents is 1. The highest BCUT2D eigenvalue weighted by molar-refractivity contribution is 6.31. The molecular weight excluding hydrogens is 460 g/mol. The van der Waals surface area contributed by atoms with Crippen molar-refractivity contribution in [3.63, 3.8) is 0 Å². The van der Waals surface area contributed by atoms with Gasteiger partial charge in [0.25, 0.3) is 11.2 Å². The van der Waals surface area contributed by atoms with Crippen molar-refractivity contribution in [2.75, 3.05) is 7.11 Å². The molecule has 0 aliphatic rings. The van der Waals surface area contributed by atoms with Crippen molar-refractivity contribution in [1.29, 1.82) is 0 Å². The highest BCUT2D eigenvalue weighted by atomic mass is 35.5. The second-order valence-electron chi connectivity index (χ2n) is 7.29. The third-order valence-corrected chi connectivity index (χ3v) is 5.42. The van der Waals surface area contributed by atoms with E-state index in [1.54, 1.807) is 48.5 Å². The van der Waals surface area contributed by atoms with E-state index in [-0.39, 0.29) is 11.5 Å². The first-order valence-electron chi connectivity index (χ1n) is 10.0. The van der Waals surface area contributed by atoms with E-state index >= 15 is 0 Å². The fourth-order valence-corrected chi connectivity index (χ4v) is 3.75. The van der Waals surface area contributed by atoms with Gasteiger partial charge in [-0.2, -0.15) is 9.78 Å². The molecule has 34 heavy (non-hydrogen) atoms. The van der Waals surface area contributed by atoms with Gasteiger partial charge in [0.15, 0.2) is 5.76 Å². The normalized spacial score (nSPS) is 11.5. The molecule has 3 aromatic carbocycles. The van der Waals surface area contributed by atoms with Gasteiger partial charge in [0.2, 0.25) is 5.82 Å². The minimum atomic E-state index is -0.522. The van der Waals surface area contributed by atoms with Gasteiger partial charge in [-0.15, -0.1) is 0 Å². The van der Waals surface area contributed by atoms with Crippen molar-refractivity contribution in [2.24, 2.45) is 5.10 Å². The SMILES string of the molecule is COc1ccc([N+](=O)[O-])cc1C=Nn1c(-c2cc3cc(Cl)ccc3o2)nc2ccccc2c1=O. The number of ether oxygens (including phenoxy) is 1. The highest BCUT2D eigenvalue weighted by Crippen LogP contribution is 2.29. The van der Waals surface area contributed by atoms with Crippen molar-refractivity contribution in [3.05, 3.63) is 97.8 Å². The zero-order valence-corrected chi connectivity index (χ0v) is 18.4. The minimum absolute atomic E-state index is 0.138. The van der Waals surface area contributed by atoms with Crippen LogP contribution in [-0.2, 0) is 0 Å². The molecule has 10 heteroatoms. The molecular formula is C24H15ClN4O5. The number of nitrogens with zero attached hydrogens (tertiary/aromatic N) is 4. The molecule has 0 saturated heterocycles. The van der Waals surface area contributed by atoms with E-state index in [9.17, 15) is 14.9 Å². The molecule has 0 saturated carbocycles. The lowest BCUT2D eigenvalue weighted by Crippen LogP contribution is -2.20. The number of fused-ring (bicyclic) bond motifs is 2. The van der Waals surface area contributed by atoms with Crippen LogP contribution in [0.15, 0.2) is 81.0 Å². The molecule has 0 unspecified atom stereocenters. The molecule has 0 amide bonds. The number of benzene rings is 3. The van der Waals surface area contributed by atoms with Gasteiger partial charge < -0.3 is 9.15 Å². The first-order valence-corrected chi connectivity index (χ1v) is 10.4. The first-order chi connectivity index (χ1) is 16.4. The fourth-order valence-electron chi connectivity index (χ4n) is 3.57. The van der Waals surface area contributed by atoms with Crippen LogP contribution in [-0.4, -0.2) is 27.9 Å². The Bertz CT molecular complexity index is 1670. The van der Waals surface area contributed by atoms with E-state index in [0.717, 1.165) is 10.1 Å². The number of non-ortho nitro benzene ring substituents is 1. The topological polar surface area (TPSA) is 113 Å². The van der Waals surface area contributed by atoms with Crippen LogP contribution >= 0.6 is 11.6 Å². The van der Waals surface area contributed by atoms with Gasteiger partial charge in [-0.3, -0.25) is 14.9 Å². The van der Waals surface area contributed by atoms with E-state index in [1.165, 1.54) is 31.5 Å². The summed E-state index contributed by atoms with van der Waals surface area (Å²) in [6.45, 7) is 0. The molecule has 168 valence electrons. The van der Waals surface area contributed by atoms with Gasteiger partial charge >= 0.3 is 0 Å². The summed E-state index contributed by atoms with van der Waals surface area (Å²) in [5, 5.41) is 17.2. The zero-order chi connectivity index (χ0) is 23.8. The van der Waals surface area contributed by atoms with Crippen LogP contribution in [0, 0.1) is 10.1 Å². The molecule has 9 nitrogen and oxygen atoms in total. The number of hydrogen-bond donors (Lipinski definition) is 0. The van der Waals surface area contributed by atoms with Crippen LogP contribution < -0.4 is 10.3 Å². The number of halogens is 1. The largest absolute Gasteiger partial charge is 0.496 e. The van der Waals surface area contributed by atoms with Gasteiger partial charge in [0, 0.05) is 28.1 Å². The molecule has 0 spiro atoms. The minimum Gasteiger partial charge on any atom is -0.496 e. The van der Waals surface area contributed by atoms with Crippen LogP contribution in [0.4, 0.5) is 5.69 Å². The summed E-state index contributed by atoms with van der Waals surface area (Å²) in [5.74, 6) is 0.830. The number of rotatable bonds is 5. The standard InChI is InChI=1S/C24H15ClN4O5/c1-33-20-9-7-17(29(31)32)11-15(20)13-26-28-23(27-19-5-3-2-4-18(19)24(28)30)22-12-14-10-16(25)6-8-21(14)34-22/h2-13H,1H3. The van der Waals surface area contributed by atoms with Crippen molar-refractivity contribution >= 4 is 45.4 Å². The summed E-state index contributed by atoms with van der Waals surface area (Å²) in [6.07, 6.45) is 1.31. The predicted molar refractivity (Wildman–Crippen MR) is 129 cm³/mol. The predicted octanol–water partition coefficient (Wildman–Crippen LogP) is 5.26. The molecule has 5 rings (SSSR count). The molecule has 0 aliphatic heterocycles. The van der Waals surface area contributed by atoms with E-state index in [2.05, 4.69) is 10.1 Å². The summed E-state index contributed by atoms with van der Waals surface area (Å²) < 4.78 is 12.3. The van der Waals surface area contributed by atoms with Crippen molar-refractivity contribution < 1.29 is 14.1 Å². The molecule has 0 N–H and O–H groups in total. The Morgan fingerprint density at radius 3 is 2.76 bits per heavy atom. The van der Waals surface area contributed by atoms with Crippen LogP contribution in [0.2, 0.25) is 5.02 Å². The second-order valence-corrected chi connectivity index (χ2v) is 7.73. The Labute approximate surface area is 196 Å². The molecule has 2 aromatic heterocycles. The summed E-state index contributed by atoms with van der Waals surface area (Å²) in [6, 6.07) is 17.9. The van der Waals surface area contributed by atoms with Crippen molar-refractivity contribution in [1.82, 2.24) is 9.66 Å². The van der Waals surface area contributed by atoms with E-state index in [0.29, 0.717) is 38.6 Å². The number of aromatic nitrogens is 2. The summed E-state index contributed by atoms with van der Waals surface area (Å²) in [7, 11) is 1.44. The van der Waals surface area contributed by atoms with Gasteiger partial charge in [-0.1, -0.05) is 23.7 Å². The Morgan fingerprint density at radius 1 is 1.15 bits per heavy atom. The molecule has 0 aliphatic carbocycles. The number of para-hydroxylation sites is 1. The van der Waals surface area contributed by atoms with E-state index in [4.69, 9.17) is 20.8 Å². The van der Waals surface area contributed by atoms with Crippen molar-refractivity contribution in [3.8, 4) is 17.3 Å². The maximum Gasteiger partial charge on any atom is 0.282 e. The zero-order valence-electron chi connectivity index (χ0n) is 17.6. The van der Waals surface area contributed by atoms with Crippen LogP contribution in [0.1, 0.15) is 5.56 Å².